The Morgan fingerprint density at radius 3 is 2.06 bits per heavy atom. The molecular formula is C9H18ClNO4S2. The number of hydrogen-bond donors (Lipinski definition) is 0. The highest BCUT2D eigenvalue weighted by Gasteiger charge is 2.28. The monoisotopic (exact) mass is 303 g/mol. The predicted molar refractivity (Wildman–Crippen MR) is 68.5 cm³/mol. The maximum absolute atomic E-state index is 11.9. The first-order valence-electron chi connectivity index (χ1n) is 5.46. The molecule has 0 aromatic rings. The predicted octanol–water partition coefficient (Wildman–Crippen LogP) is 0.312. The first-order chi connectivity index (χ1) is 7.74. The average Bonchev–Trinajstić information content (AvgIpc) is 2.26. The van der Waals surface area contributed by atoms with E-state index in [1.807, 2.05) is 0 Å². The van der Waals surface area contributed by atoms with Gasteiger partial charge in [-0.15, -0.1) is 11.6 Å². The van der Waals surface area contributed by atoms with Crippen LogP contribution in [-0.4, -0.2) is 57.9 Å². The Morgan fingerprint density at radius 2 is 1.65 bits per heavy atom. The van der Waals surface area contributed by atoms with Gasteiger partial charge in [0.15, 0.2) is 0 Å². The molecule has 0 amide bonds. The van der Waals surface area contributed by atoms with Gasteiger partial charge >= 0.3 is 0 Å². The van der Waals surface area contributed by atoms with Gasteiger partial charge in [0.05, 0.1) is 11.5 Å². The van der Waals surface area contributed by atoms with Gasteiger partial charge in [-0.3, -0.25) is 0 Å². The lowest BCUT2D eigenvalue weighted by atomic mass is 10.0. The van der Waals surface area contributed by atoms with Gasteiger partial charge in [-0.2, -0.15) is 0 Å². The molecule has 0 atom stereocenters. The van der Waals surface area contributed by atoms with E-state index >= 15 is 0 Å². The summed E-state index contributed by atoms with van der Waals surface area (Å²) in [4.78, 5) is 0. The molecule has 8 heteroatoms. The Bertz CT molecular complexity index is 438. The summed E-state index contributed by atoms with van der Waals surface area (Å²) in [6.45, 7) is 0.896. The lowest BCUT2D eigenvalue weighted by Gasteiger charge is -2.30. The number of sulfonamides is 1. The van der Waals surface area contributed by atoms with Crippen molar-refractivity contribution in [2.75, 3.05) is 36.7 Å². The Balaban J connectivity index is 2.55. The van der Waals surface area contributed by atoms with Crippen molar-refractivity contribution in [3.05, 3.63) is 0 Å². The molecule has 0 N–H and O–H groups in total. The van der Waals surface area contributed by atoms with E-state index in [1.165, 1.54) is 4.31 Å². The molecule has 0 aromatic carbocycles. The van der Waals surface area contributed by atoms with Crippen LogP contribution in [0.1, 0.15) is 12.8 Å². The summed E-state index contributed by atoms with van der Waals surface area (Å²) in [7, 11) is -6.68. The molecule has 0 unspecified atom stereocenters. The second kappa shape index (κ2) is 5.86. The number of hydrogen-bond acceptors (Lipinski definition) is 4. The highest BCUT2D eigenvalue weighted by molar-refractivity contribution is 7.93. The third kappa shape index (κ3) is 5.11. The summed E-state index contributed by atoms with van der Waals surface area (Å²) >= 11 is 5.72. The van der Waals surface area contributed by atoms with E-state index in [-0.39, 0.29) is 11.5 Å². The standard InChI is InChI=1S/C9H18ClNO4S2/c1-16(12,13)6-7-17(14,15)11-4-2-9(8-10)3-5-11/h9H,2-8H2,1H3. The van der Waals surface area contributed by atoms with Crippen molar-refractivity contribution in [3.63, 3.8) is 0 Å². The minimum atomic E-state index is -3.44. The smallest absolute Gasteiger partial charge is 0.215 e. The van der Waals surface area contributed by atoms with Crippen molar-refractivity contribution in [3.8, 4) is 0 Å². The van der Waals surface area contributed by atoms with Gasteiger partial charge in [-0.05, 0) is 18.8 Å². The van der Waals surface area contributed by atoms with Crippen LogP contribution in [0, 0.1) is 5.92 Å². The molecule has 1 heterocycles. The largest absolute Gasteiger partial charge is 0.229 e. The van der Waals surface area contributed by atoms with Gasteiger partial charge in [0.2, 0.25) is 10.0 Å². The molecule has 0 radical (unpaired) electrons. The van der Waals surface area contributed by atoms with Crippen molar-refractivity contribution >= 4 is 31.5 Å². The maximum atomic E-state index is 11.9. The van der Waals surface area contributed by atoms with Gasteiger partial charge < -0.3 is 0 Å². The van der Waals surface area contributed by atoms with E-state index in [1.54, 1.807) is 0 Å². The van der Waals surface area contributed by atoms with Crippen molar-refractivity contribution < 1.29 is 16.8 Å². The Labute approximate surface area is 108 Å². The SMILES string of the molecule is CS(=O)(=O)CCS(=O)(=O)N1CCC(CCl)CC1. The second-order valence-corrected chi connectivity index (χ2v) is 9.10. The molecule has 0 spiro atoms. The van der Waals surface area contributed by atoms with Gasteiger partial charge in [0, 0.05) is 25.2 Å². The zero-order valence-electron chi connectivity index (χ0n) is 9.80. The lowest BCUT2D eigenvalue weighted by molar-refractivity contribution is 0.290. The van der Waals surface area contributed by atoms with Crippen molar-refractivity contribution in [1.82, 2.24) is 4.31 Å². The zero-order valence-corrected chi connectivity index (χ0v) is 12.2. The van der Waals surface area contributed by atoms with Crippen LogP contribution in [0.2, 0.25) is 0 Å². The molecule has 1 aliphatic heterocycles. The summed E-state index contributed by atoms with van der Waals surface area (Å²) in [5.74, 6) is 0.289. The zero-order chi connectivity index (χ0) is 13.1. The molecular weight excluding hydrogens is 286 g/mol. The van der Waals surface area contributed by atoms with Crippen molar-refractivity contribution in [2.45, 2.75) is 12.8 Å². The molecule has 102 valence electrons. The third-order valence-corrected chi connectivity index (χ3v) is 6.41. The summed E-state index contributed by atoms with van der Waals surface area (Å²) in [6.07, 6.45) is 2.55. The van der Waals surface area contributed by atoms with Crippen LogP contribution in [0.25, 0.3) is 0 Å². The fraction of sp³-hybridized carbons (Fsp3) is 1.00. The summed E-state index contributed by atoms with van der Waals surface area (Å²) < 4.78 is 47.0. The number of halogens is 1. The molecule has 1 fully saturated rings. The van der Waals surface area contributed by atoms with Crippen LogP contribution in [0.3, 0.4) is 0 Å². The quantitative estimate of drug-likeness (QED) is 0.685. The van der Waals surface area contributed by atoms with Gasteiger partial charge in [0.25, 0.3) is 0 Å². The minimum Gasteiger partial charge on any atom is -0.229 e. The van der Waals surface area contributed by atoms with Gasteiger partial charge in [-0.1, -0.05) is 0 Å². The van der Waals surface area contributed by atoms with Crippen LogP contribution >= 0.6 is 11.6 Å². The van der Waals surface area contributed by atoms with E-state index in [4.69, 9.17) is 11.6 Å². The average molecular weight is 304 g/mol. The molecule has 0 saturated carbocycles. The van der Waals surface area contributed by atoms with Gasteiger partial charge in [-0.25, -0.2) is 21.1 Å². The van der Waals surface area contributed by atoms with E-state index in [0.29, 0.717) is 24.9 Å². The fourth-order valence-corrected chi connectivity index (χ4v) is 5.11. The molecule has 1 rings (SSSR count). The molecule has 5 nitrogen and oxygen atoms in total. The minimum absolute atomic E-state index is 0.315. The Morgan fingerprint density at radius 1 is 1.12 bits per heavy atom. The first kappa shape index (κ1) is 15.2. The molecule has 1 aliphatic rings. The van der Waals surface area contributed by atoms with Crippen LogP contribution in [0.15, 0.2) is 0 Å². The summed E-state index contributed by atoms with van der Waals surface area (Å²) in [5, 5.41) is 0. The number of rotatable bonds is 5. The number of nitrogens with zero attached hydrogens (tertiary/aromatic N) is 1. The third-order valence-electron chi connectivity index (χ3n) is 2.90. The van der Waals surface area contributed by atoms with Crippen LogP contribution in [-0.2, 0) is 19.9 Å². The molecule has 0 aliphatic carbocycles. The Hall–Kier alpha value is 0.150. The van der Waals surface area contributed by atoms with Gasteiger partial charge in [0.1, 0.15) is 9.84 Å². The van der Waals surface area contributed by atoms with E-state index in [2.05, 4.69) is 0 Å². The number of sulfone groups is 1. The number of piperidine rings is 1. The first-order valence-corrected chi connectivity index (χ1v) is 9.66. The van der Waals surface area contributed by atoms with E-state index in [9.17, 15) is 16.8 Å². The molecule has 0 aromatic heterocycles. The topological polar surface area (TPSA) is 71.5 Å². The highest BCUT2D eigenvalue weighted by Crippen LogP contribution is 2.20. The number of alkyl halides is 1. The molecule has 0 bridgehead atoms. The van der Waals surface area contributed by atoms with E-state index < -0.39 is 19.9 Å². The second-order valence-electron chi connectivity index (χ2n) is 4.44. The van der Waals surface area contributed by atoms with Crippen LogP contribution in [0.5, 0.6) is 0 Å². The van der Waals surface area contributed by atoms with Crippen LogP contribution < -0.4 is 0 Å². The Kier molecular flexibility index (Phi) is 5.24. The summed E-state index contributed by atoms with van der Waals surface area (Å²) in [6, 6.07) is 0. The van der Waals surface area contributed by atoms with E-state index in [0.717, 1.165) is 19.1 Å². The molecule has 17 heavy (non-hydrogen) atoms. The van der Waals surface area contributed by atoms with Crippen LogP contribution in [0.4, 0.5) is 0 Å². The highest BCUT2D eigenvalue weighted by atomic mass is 35.5. The summed E-state index contributed by atoms with van der Waals surface area (Å²) in [5.41, 5.74) is 0. The lowest BCUT2D eigenvalue weighted by Crippen LogP contribution is -2.41. The van der Waals surface area contributed by atoms with Crippen molar-refractivity contribution in [1.29, 1.82) is 0 Å². The normalized spacial score (nSPS) is 20.6. The maximum Gasteiger partial charge on any atom is 0.215 e. The fourth-order valence-electron chi connectivity index (χ4n) is 1.73. The molecule has 1 saturated heterocycles. The van der Waals surface area contributed by atoms with Crippen molar-refractivity contribution in [2.24, 2.45) is 5.92 Å².